The molecule has 0 aromatic heterocycles. The van der Waals surface area contributed by atoms with Crippen LogP contribution in [0.1, 0.15) is 19.3 Å². The van der Waals surface area contributed by atoms with Crippen LogP contribution in [-0.2, 0) is 9.53 Å². The fourth-order valence-corrected chi connectivity index (χ4v) is 0.629. The summed E-state index contributed by atoms with van der Waals surface area (Å²) in [6.07, 6.45) is 2.07. The fourth-order valence-electron chi connectivity index (χ4n) is 0.629. The summed E-state index contributed by atoms with van der Waals surface area (Å²) in [5, 5.41) is 0. The van der Waals surface area contributed by atoms with Crippen LogP contribution in [0, 0.1) is 0 Å². The van der Waals surface area contributed by atoms with Gasteiger partial charge in [-0.2, -0.15) is 0 Å². The van der Waals surface area contributed by atoms with E-state index in [1.54, 1.807) is 0 Å². The Balaban J connectivity index is 3.04. The van der Waals surface area contributed by atoms with E-state index in [0.717, 1.165) is 12.8 Å². The Morgan fingerprint density at radius 3 is 2.70 bits per heavy atom. The minimum atomic E-state index is -0.455. The average molecular weight is 146 g/mol. The van der Waals surface area contributed by atoms with Gasteiger partial charge in [0.15, 0.2) is 6.23 Å². The average Bonchev–Trinajstić information content (AvgIpc) is 1.89. The van der Waals surface area contributed by atoms with Crippen molar-refractivity contribution in [2.75, 3.05) is 6.54 Å². The molecular formula is C6H14N2O2. The molecule has 60 valence electrons. The second-order valence-corrected chi connectivity index (χ2v) is 2.06. The van der Waals surface area contributed by atoms with Crippen molar-refractivity contribution in [1.29, 1.82) is 0 Å². The highest BCUT2D eigenvalue weighted by molar-refractivity contribution is 5.37. The van der Waals surface area contributed by atoms with Crippen LogP contribution in [0.25, 0.3) is 0 Å². The molecule has 0 saturated carbocycles. The first-order valence-electron chi connectivity index (χ1n) is 3.36. The Morgan fingerprint density at radius 2 is 2.20 bits per heavy atom. The third-order valence-electron chi connectivity index (χ3n) is 1.17. The minimum Gasteiger partial charge on any atom is -0.449 e. The third kappa shape index (κ3) is 5.53. The van der Waals surface area contributed by atoms with Gasteiger partial charge in [-0.25, -0.2) is 0 Å². The molecule has 0 rings (SSSR count). The number of hydrogen-bond donors (Lipinski definition) is 2. The first-order valence-corrected chi connectivity index (χ1v) is 3.36. The van der Waals surface area contributed by atoms with E-state index in [9.17, 15) is 4.79 Å². The quantitative estimate of drug-likeness (QED) is 0.303. The van der Waals surface area contributed by atoms with Crippen molar-refractivity contribution in [3.8, 4) is 0 Å². The van der Waals surface area contributed by atoms with E-state index in [2.05, 4.69) is 4.74 Å². The summed E-state index contributed by atoms with van der Waals surface area (Å²) in [6.45, 7) is 1.03. The van der Waals surface area contributed by atoms with Crippen molar-refractivity contribution in [3.63, 3.8) is 0 Å². The number of rotatable bonds is 6. The van der Waals surface area contributed by atoms with Crippen molar-refractivity contribution in [2.45, 2.75) is 25.5 Å². The third-order valence-corrected chi connectivity index (χ3v) is 1.17. The Kier molecular flexibility index (Phi) is 6.11. The summed E-state index contributed by atoms with van der Waals surface area (Å²) in [5.74, 6) is 0. The van der Waals surface area contributed by atoms with Gasteiger partial charge in [0.25, 0.3) is 6.47 Å². The standard InChI is InChI=1S/C6H14N2O2/c7-4-2-1-3-6(8)10-5-9/h5-6H,1-4,7-8H2. The van der Waals surface area contributed by atoms with Crippen LogP contribution in [0.15, 0.2) is 0 Å². The second kappa shape index (κ2) is 6.51. The van der Waals surface area contributed by atoms with Gasteiger partial charge in [0.1, 0.15) is 0 Å². The van der Waals surface area contributed by atoms with Crippen molar-refractivity contribution in [2.24, 2.45) is 11.5 Å². The van der Waals surface area contributed by atoms with E-state index in [4.69, 9.17) is 11.5 Å². The zero-order valence-electron chi connectivity index (χ0n) is 5.95. The maximum atomic E-state index is 9.72. The number of hydrogen-bond acceptors (Lipinski definition) is 4. The van der Waals surface area contributed by atoms with Crippen molar-refractivity contribution in [1.82, 2.24) is 0 Å². The lowest BCUT2D eigenvalue weighted by atomic mass is 10.2. The summed E-state index contributed by atoms with van der Waals surface area (Å²) in [6, 6.07) is 0. The lowest BCUT2D eigenvalue weighted by Gasteiger charge is -2.07. The van der Waals surface area contributed by atoms with Gasteiger partial charge in [-0.05, 0) is 25.8 Å². The van der Waals surface area contributed by atoms with Gasteiger partial charge in [-0.1, -0.05) is 0 Å². The molecule has 0 aromatic carbocycles. The molecule has 1 atom stereocenters. The molecule has 0 heterocycles. The molecule has 4 N–H and O–H groups in total. The molecule has 0 amide bonds. The summed E-state index contributed by atoms with van der Waals surface area (Å²) in [7, 11) is 0. The number of carbonyl (C=O) groups excluding carboxylic acids is 1. The van der Waals surface area contributed by atoms with Crippen LogP contribution in [0.5, 0.6) is 0 Å². The minimum absolute atomic E-state index is 0.368. The topological polar surface area (TPSA) is 78.3 Å². The van der Waals surface area contributed by atoms with Gasteiger partial charge in [0.2, 0.25) is 0 Å². The van der Waals surface area contributed by atoms with Gasteiger partial charge < -0.3 is 10.5 Å². The molecule has 0 aromatic rings. The van der Waals surface area contributed by atoms with Crippen LogP contribution >= 0.6 is 0 Å². The number of ether oxygens (including phenoxy) is 1. The first kappa shape index (κ1) is 9.39. The molecule has 4 nitrogen and oxygen atoms in total. The smallest absolute Gasteiger partial charge is 0.294 e. The maximum Gasteiger partial charge on any atom is 0.294 e. The Bertz CT molecular complexity index is 87.8. The number of carbonyl (C=O) groups is 1. The lowest BCUT2D eigenvalue weighted by molar-refractivity contribution is -0.133. The Morgan fingerprint density at radius 1 is 1.50 bits per heavy atom. The van der Waals surface area contributed by atoms with Gasteiger partial charge in [-0.15, -0.1) is 0 Å². The lowest BCUT2D eigenvalue weighted by Crippen LogP contribution is -2.23. The van der Waals surface area contributed by atoms with Crippen molar-refractivity contribution in [3.05, 3.63) is 0 Å². The summed E-state index contributed by atoms with van der Waals surface area (Å²) in [5.41, 5.74) is 10.6. The van der Waals surface area contributed by atoms with E-state index in [1.807, 2.05) is 0 Å². The van der Waals surface area contributed by atoms with Crippen LogP contribution < -0.4 is 11.5 Å². The van der Waals surface area contributed by atoms with E-state index in [1.165, 1.54) is 0 Å². The number of nitrogens with two attached hydrogens (primary N) is 2. The summed E-state index contributed by atoms with van der Waals surface area (Å²) in [4.78, 5) is 9.72. The first-order chi connectivity index (χ1) is 4.81. The highest BCUT2D eigenvalue weighted by atomic mass is 16.5. The zero-order valence-corrected chi connectivity index (χ0v) is 5.95. The van der Waals surface area contributed by atoms with Gasteiger partial charge in [0.05, 0.1) is 0 Å². The van der Waals surface area contributed by atoms with E-state index < -0.39 is 6.23 Å². The number of unbranched alkanes of at least 4 members (excludes halogenated alkanes) is 1. The molecule has 0 bridgehead atoms. The predicted octanol–water partition coefficient (Wildman–Crippen LogP) is -0.427. The van der Waals surface area contributed by atoms with Gasteiger partial charge >= 0.3 is 0 Å². The van der Waals surface area contributed by atoms with Crippen LogP contribution in [0.3, 0.4) is 0 Å². The molecule has 0 aliphatic carbocycles. The van der Waals surface area contributed by atoms with Crippen LogP contribution in [0.2, 0.25) is 0 Å². The van der Waals surface area contributed by atoms with Gasteiger partial charge in [-0.3, -0.25) is 10.5 Å². The molecule has 4 heteroatoms. The largest absolute Gasteiger partial charge is 0.449 e. The molecule has 0 radical (unpaired) electrons. The molecule has 10 heavy (non-hydrogen) atoms. The van der Waals surface area contributed by atoms with Crippen molar-refractivity contribution >= 4 is 6.47 Å². The highest BCUT2D eigenvalue weighted by Gasteiger charge is 1.99. The highest BCUT2D eigenvalue weighted by Crippen LogP contribution is 1.97. The van der Waals surface area contributed by atoms with Gasteiger partial charge in [0, 0.05) is 0 Å². The SMILES string of the molecule is NCCCCC(N)OC=O. The normalized spacial score (nSPS) is 12.6. The Labute approximate surface area is 60.5 Å². The molecule has 0 saturated heterocycles. The monoisotopic (exact) mass is 146 g/mol. The maximum absolute atomic E-state index is 9.72. The second-order valence-electron chi connectivity index (χ2n) is 2.06. The molecule has 0 aliphatic rings. The molecule has 0 fully saturated rings. The fraction of sp³-hybridized carbons (Fsp3) is 0.833. The van der Waals surface area contributed by atoms with E-state index in [-0.39, 0.29) is 0 Å². The summed E-state index contributed by atoms with van der Waals surface area (Å²) < 4.78 is 4.44. The van der Waals surface area contributed by atoms with Crippen LogP contribution in [0.4, 0.5) is 0 Å². The molecule has 0 aliphatic heterocycles. The summed E-state index contributed by atoms with van der Waals surface area (Å²) >= 11 is 0. The molecule has 1 unspecified atom stereocenters. The van der Waals surface area contributed by atoms with Crippen LogP contribution in [-0.4, -0.2) is 19.2 Å². The van der Waals surface area contributed by atoms with E-state index in [0.29, 0.717) is 19.4 Å². The Hall–Kier alpha value is -0.610. The molecular weight excluding hydrogens is 132 g/mol. The molecule has 0 spiro atoms. The van der Waals surface area contributed by atoms with Crippen molar-refractivity contribution < 1.29 is 9.53 Å². The predicted molar refractivity (Wildman–Crippen MR) is 38.0 cm³/mol. The van der Waals surface area contributed by atoms with E-state index >= 15 is 0 Å². The zero-order chi connectivity index (χ0) is 7.82.